The summed E-state index contributed by atoms with van der Waals surface area (Å²) in [6.07, 6.45) is 2.88. The number of rotatable bonds is 2. The normalized spacial score (nSPS) is 12.2. The van der Waals surface area contributed by atoms with Gasteiger partial charge >= 0.3 is 0 Å². The summed E-state index contributed by atoms with van der Waals surface area (Å²) in [4.78, 5) is 0. The van der Waals surface area contributed by atoms with Crippen molar-refractivity contribution in [3.8, 4) is 0 Å². The highest BCUT2D eigenvalue weighted by atomic mass is 35.5. The van der Waals surface area contributed by atoms with E-state index in [2.05, 4.69) is 5.16 Å². The van der Waals surface area contributed by atoms with Crippen LogP contribution in [0.1, 0.15) is 5.56 Å². The van der Waals surface area contributed by atoms with Gasteiger partial charge in [0.15, 0.2) is 0 Å². The zero-order chi connectivity index (χ0) is 8.81. The molecule has 0 radical (unpaired) electrons. The van der Waals surface area contributed by atoms with Crippen molar-refractivity contribution in [1.82, 2.24) is 0 Å². The molecule has 1 N–H and O–H groups in total. The van der Waals surface area contributed by atoms with Crippen LogP contribution in [0.15, 0.2) is 40.5 Å². The lowest BCUT2D eigenvalue weighted by atomic mass is 10.2. The Balaban J connectivity index is 2.81. The van der Waals surface area contributed by atoms with Gasteiger partial charge in [-0.2, -0.15) is 0 Å². The van der Waals surface area contributed by atoms with Gasteiger partial charge in [0.1, 0.15) is 0 Å². The number of nitrogens with zero attached hydrogens (tertiary/aromatic N) is 1. The second-order valence-corrected chi connectivity index (χ2v) is 2.62. The summed E-state index contributed by atoms with van der Waals surface area (Å²) in [6, 6.07) is 9.56. The van der Waals surface area contributed by atoms with Gasteiger partial charge in [-0.3, -0.25) is 0 Å². The fourth-order valence-corrected chi connectivity index (χ4v) is 0.971. The SMILES string of the molecule is O/N=C\C(Cl)=C/c1ccccc1. The zero-order valence-corrected chi connectivity index (χ0v) is 7.07. The molecule has 0 aromatic heterocycles. The van der Waals surface area contributed by atoms with E-state index in [1.807, 2.05) is 30.3 Å². The number of oxime groups is 1. The molecule has 1 aromatic carbocycles. The lowest BCUT2D eigenvalue weighted by Gasteiger charge is -1.90. The third-order valence-corrected chi connectivity index (χ3v) is 1.49. The van der Waals surface area contributed by atoms with Crippen LogP contribution in [0.5, 0.6) is 0 Å². The van der Waals surface area contributed by atoms with Crippen LogP contribution in [0.2, 0.25) is 0 Å². The maximum Gasteiger partial charge on any atom is 0.0847 e. The Kier molecular flexibility index (Phi) is 3.35. The van der Waals surface area contributed by atoms with Crippen LogP contribution < -0.4 is 0 Å². The number of allylic oxidation sites excluding steroid dienone is 1. The van der Waals surface area contributed by atoms with Crippen molar-refractivity contribution in [3.63, 3.8) is 0 Å². The second kappa shape index (κ2) is 4.57. The summed E-state index contributed by atoms with van der Waals surface area (Å²) in [5.41, 5.74) is 0.974. The Morgan fingerprint density at radius 3 is 2.58 bits per heavy atom. The Morgan fingerprint density at radius 1 is 1.33 bits per heavy atom. The Bertz CT molecular complexity index is 293. The lowest BCUT2D eigenvalue weighted by molar-refractivity contribution is 0.322. The van der Waals surface area contributed by atoms with Crippen molar-refractivity contribution >= 4 is 23.9 Å². The van der Waals surface area contributed by atoms with Crippen LogP contribution in [-0.2, 0) is 0 Å². The quantitative estimate of drug-likeness (QED) is 0.425. The molecule has 1 rings (SSSR count). The van der Waals surface area contributed by atoms with Gasteiger partial charge < -0.3 is 5.21 Å². The highest BCUT2D eigenvalue weighted by Crippen LogP contribution is 2.07. The fraction of sp³-hybridized carbons (Fsp3) is 0. The molecule has 0 amide bonds. The average molecular weight is 182 g/mol. The summed E-state index contributed by atoms with van der Waals surface area (Å²) < 4.78 is 0. The highest BCUT2D eigenvalue weighted by molar-refractivity contribution is 6.41. The van der Waals surface area contributed by atoms with E-state index in [4.69, 9.17) is 16.8 Å². The molecule has 0 fully saturated rings. The summed E-state index contributed by atoms with van der Waals surface area (Å²) in [7, 11) is 0. The van der Waals surface area contributed by atoms with E-state index in [9.17, 15) is 0 Å². The second-order valence-electron chi connectivity index (χ2n) is 2.18. The van der Waals surface area contributed by atoms with Crippen molar-refractivity contribution in [2.45, 2.75) is 0 Å². The van der Waals surface area contributed by atoms with Gasteiger partial charge in [0.2, 0.25) is 0 Å². The molecule has 62 valence electrons. The molecular formula is C9H8ClNO. The van der Waals surface area contributed by atoms with Crippen molar-refractivity contribution < 1.29 is 5.21 Å². The standard InChI is InChI=1S/C9H8ClNO/c10-9(7-11-12)6-8-4-2-1-3-5-8/h1-7,12H/b9-6+,11-7-. The highest BCUT2D eigenvalue weighted by Gasteiger charge is 1.87. The molecule has 0 aliphatic heterocycles. The van der Waals surface area contributed by atoms with Crippen LogP contribution in [-0.4, -0.2) is 11.4 Å². The van der Waals surface area contributed by atoms with E-state index < -0.39 is 0 Å². The Hall–Kier alpha value is -1.28. The van der Waals surface area contributed by atoms with Crippen molar-refractivity contribution in [2.75, 3.05) is 0 Å². The first-order valence-corrected chi connectivity index (χ1v) is 3.80. The van der Waals surface area contributed by atoms with Crippen LogP contribution >= 0.6 is 11.6 Å². The predicted molar refractivity (Wildman–Crippen MR) is 50.6 cm³/mol. The number of benzene rings is 1. The molecule has 3 heteroatoms. The van der Waals surface area contributed by atoms with Crippen LogP contribution in [0.4, 0.5) is 0 Å². The predicted octanol–water partition coefficient (Wildman–Crippen LogP) is 2.73. The van der Waals surface area contributed by atoms with E-state index in [-0.39, 0.29) is 0 Å². The minimum atomic E-state index is 0.392. The summed E-state index contributed by atoms with van der Waals surface area (Å²) >= 11 is 5.67. The molecule has 0 atom stereocenters. The summed E-state index contributed by atoms with van der Waals surface area (Å²) in [6.45, 7) is 0. The van der Waals surface area contributed by atoms with Gasteiger partial charge in [-0.05, 0) is 11.6 Å². The largest absolute Gasteiger partial charge is 0.411 e. The maximum atomic E-state index is 8.16. The topological polar surface area (TPSA) is 32.6 Å². The van der Waals surface area contributed by atoms with E-state index >= 15 is 0 Å². The Morgan fingerprint density at radius 2 is 2.00 bits per heavy atom. The van der Waals surface area contributed by atoms with E-state index in [0.717, 1.165) is 5.56 Å². The molecule has 0 unspecified atom stereocenters. The van der Waals surface area contributed by atoms with Crippen LogP contribution in [0.3, 0.4) is 0 Å². The van der Waals surface area contributed by atoms with Gasteiger partial charge in [-0.1, -0.05) is 47.1 Å². The third kappa shape index (κ3) is 2.76. The lowest BCUT2D eigenvalue weighted by Crippen LogP contribution is -1.75. The maximum absolute atomic E-state index is 8.16. The molecule has 12 heavy (non-hydrogen) atoms. The monoisotopic (exact) mass is 181 g/mol. The molecule has 0 heterocycles. The molecule has 0 saturated carbocycles. The van der Waals surface area contributed by atoms with Gasteiger partial charge in [0.05, 0.1) is 11.2 Å². The fourth-order valence-electron chi connectivity index (χ4n) is 0.801. The molecule has 0 bridgehead atoms. The molecular weight excluding hydrogens is 174 g/mol. The number of halogens is 1. The smallest absolute Gasteiger partial charge is 0.0847 e. The first-order valence-electron chi connectivity index (χ1n) is 3.42. The van der Waals surface area contributed by atoms with Gasteiger partial charge in [-0.15, -0.1) is 0 Å². The molecule has 0 saturated heterocycles. The molecule has 1 aromatic rings. The molecule has 2 nitrogen and oxygen atoms in total. The van der Waals surface area contributed by atoms with Gasteiger partial charge in [0.25, 0.3) is 0 Å². The van der Waals surface area contributed by atoms with Crippen molar-refractivity contribution in [1.29, 1.82) is 0 Å². The van der Waals surface area contributed by atoms with Crippen molar-refractivity contribution in [3.05, 3.63) is 40.9 Å². The molecule has 0 spiro atoms. The average Bonchev–Trinajstić information content (AvgIpc) is 2.06. The summed E-state index contributed by atoms with van der Waals surface area (Å²) in [5.74, 6) is 0. The minimum Gasteiger partial charge on any atom is -0.411 e. The number of hydrogen-bond acceptors (Lipinski definition) is 2. The van der Waals surface area contributed by atoms with E-state index in [0.29, 0.717) is 5.03 Å². The minimum absolute atomic E-state index is 0.392. The van der Waals surface area contributed by atoms with Gasteiger partial charge in [-0.25, -0.2) is 0 Å². The van der Waals surface area contributed by atoms with Crippen LogP contribution in [0, 0.1) is 0 Å². The summed E-state index contributed by atoms with van der Waals surface area (Å²) in [5, 5.41) is 11.4. The first kappa shape index (κ1) is 8.81. The van der Waals surface area contributed by atoms with Crippen molar-refractivity contribution in [2.24, 2.45) is 5.16 Å². The molecule has 0 aliphatic carbocycles. The molecule has 0 aliphatic rings. The number of hydrogen-bond donors (Lipinski definition) is 1. The first-order chi connectivity index (χ1) is 5.83. The van der Waals surface area contributed by atoms with Gasteiger partial charge in [0, 0.05) is 0 Å². The van der Waals surface area contributed by atoms with E-state index in [1.54, 1.807) is 6.08 Å². The zero-order valence-electron chi connectivity index (χ0n) is 6.31. The van der Waals surface area contributed by atoms with E-state index in [1.165, 1.54) is 6.21 Å². The Labute approximate surface area is 75.8 Å². The van der Waals surface area contributed by atoms with Crippen LogP contribution in [0.25, 0.3) is 6.08 Å². The third-order valence-electron chi connectivity index (χ3n) is 1.29.